The van der Waals surface area contributed by atoms with E-state index in [0.29, 0.717) is 12.3 Å². The Labute approximate surface area is 78.0 Å². The summed E-state index contributed by atoms with van der Waals surface area (Å²) in [4.78, 5) is 11.0. The highest BCUT2D eigenvalue weighted by Crippen LogP contribution is 2.25. The van der Waals surface area contributed by atoms with Crippen molar-refractivity contribution in [3.8, 4) is 0 Å². The van der Waals surface area contributed by atoms with Gasteiger partial charge in [0, 0.05) is 18.9 Å². The lowest BCUT2D eigenvalue weighted by molar-refractivity contribution is -0.119. The molecule has 1 aliphatic rings. The van der Waals surface area contributed by atoms with Gasteiger partial charge in [0.1, 0.15) is 0 Å². The van der Waals surface area contributed by atoms with Crippen molar-refractivity contribution in [2.24, 2.45) is 0 Å². The molecule has 0 spiro atoms. The highest BCUT2D eigenvalue weighted by Gasteiger charge is 2.23. The second-order valence-corrected chi connectivity index (χ2v) is 3.56. The second kappa shape index (κ2) is 3.21. The topological polar surface area (TPSA) is 29.1 Å². The Kier molecular flexibility index (Phi) is 2.05. The summed E-state index contributed by atoms with van der Waals surface area (Å²) in [5, 5.41) is 2.86. The first-order chi connectivity index (χ1) is 6.27. The lowest BCUT2D eigenvalue weighted by Crippen LogP contribution is -2.13. The van der Waals surface area contributed by atoms with E-state index in [1.807, 2.05) is 12.1 Å². The molecule has 0 aliphatic carbocycles. The van der Waals surface area contributed by atoms with Crippen LogP contribution in [0.1, 0.15) is 23.5 Å². The van der Waals surface area contributed by atoms with E-state index in [2.05, 4.69) is 24.4 Å². The molecule has 1 unspecified atom stereocenters. The largest absolute Gasteiger partial charge is 0.355 e. The number of carbonyl (C=O) groups excluding carboxylic acids is 1. The third-order valence-corrected chi connectivity index (χ3v) is 2.61. The molecule has 2 heteroatoms. The summed E-state index contributed by atoms with van der Waals surface area (Å²) in [5.41, 5.74) is 2.59. The number of amides is 1. The molecule has 1 N–H and O–H groups in total. The second-order valence-electron chi connectivity index (χ2n) is 3.56. The van der Waals surface area contributed by atoms with Gasteiger partial charge in [-0.3, -0.25) is 4.79 Å². The van der Waals surface area contributed by atoms with E-state index >= 15 is 0 Å². The zero-order chi connectivity index (χ0) is 9.26. The summed E-state index contributed by atoms with van der Waals surface area (Å²) < 4.78 is 0. The van der Waals surface area contributed by atoms with Gasteiger partial charge in [0.15, 0.2) is 0 Å². The average molecular weight is 175 g/mol. The Morgan fingerprint density at radius 1 is 1.38 bits per heavy atom. The third kappa shape index (κ3) is 1.57. The Bertz CT molecular complexity index is 333. The van der Waals surface area contributed by atoms with E-state index in [1.54, 1.807) is 0 Å². The van der Waals surface area contributed by atoms with E-state index in [1.165, 1.54) is 11.1 Å². The molecule has 1 saturated heterocycles. The van der Waals surface area contributed by atoms with Crippen LogP contribution >= 0.6 is 0 Å². The van der Waals surface area contributed by atoms with Gasteiger partial charge in [-0.15, -0.1) is 0 Å². The minimum absolute atomic E-state index is 0.174. The monoisotopic (exact) mass is 175 g/mol. The molecule has 0 bridgehead atoms. The fourth-order valence-corrected chi connectivity index (χ4v) is 1.87. The zero-order valence-corrected chi connectivity index (χ0v) is 7.71. The number of nitrogens with one attached hydrogen (secondary N) is 1. The standard InChI is InChI=1S/C11H13NO/c1-8-4-2-3-5-10(8)9-6-11(13)12-7-9/h2-5,9H,6-7H2,1H3,(H,12,13). The summed E-state index contributed by atoms with van der Waals surface area (Å²) in [7, 11) is 0. The summed E-state index contributed by atoms with van der Waals surface area (Å²) in [6, 6.07) is 8.27. The predicted octanol–water partition coefficient (Wildman–Crippen LogP) is 1.60. The molecule has 68 valence electrons. The molecule has 0 aromatic heterocycles. The van der Waals surface area contributed by atoms with E-state index < -0.39 is 0 Å². The van der Waals surface area contributed by atoms with Crippen molar-refractivity contribution < 1.29 is 4.79 Å². The predicted molar refractivity (Wildman–Crippen MR) is 51.5 cm³/mol. The molecule has 0 saturated carbocycles. The molecule has 1 aromatic carbocycles. The van der Waals surface area contributed by atoms with Gasteiger partial charge in [0.05, 0.1) is 0 Å². The van der Waals surface area contributed by atoms with E-state index in [9.17, 15) is 4.79 Å². The Morgan fingerprint density at radius 3 is 2.77 bits per heavy atom. The molecular weight excluding hydrogens is 162 g/mol. The molecule has 0 radical (unpaired) electrons. The van der Waals surface area contributed by atoms with Crippen LogP contribution in [-0.4, -0.2) is 12.5 Å². The Hall–Kier alpha value is -1.31. The number of rotatable bonds is 1. The minimum Gasteiger partial charge on any atom is -0.355 e. The van der Waals surface area contributed by atoms with Crippen LogP contribution in [0.15, 0.2) is 24.3 Å². The maximum atomic E-state index is 11.0. The van der Waals surface area contributed by atoms with Crippen LogP contribution in [0.3, 0.4) is 0 Å². The lowest BCUT2D eigenvalue weighted by Gasteiger charge is -2.10. The number of aryl methyl sites for hydroxylation is 1. The Morgan fingerprint density at radius 2 is 2.15 bits per heavy atom. The average Bonchev–Trinajstić information content (AvgIpc) is 2.53. The van der Waals surface area contributed by atoms with E-state index in [4.69, 9.17) is 0 Å². The highest BCUT2D eigenvalue weighted by atomic mass is 16.1. The molecule has 1 atom stereocenters. The van der Waals surface area contributed by atoms with E-state index in [0.717, 1.165) is 6.54 Å². The third-order valence-electron chi connectivity index (χ3n) is 2.61. The quantitative estimate of drug-likeness (QED) is 0.690. The molecular formula is C11H13NO. The summed E-state index contributed by atoms with van der Waals surface area (Å²) in [6.07, 6.45) is 0.644. The number of carbonyl (C=O) groups is 1. The van der Waals surface area contributed by atoms with Crippen molar-refractivity contribution in [3.05, 3.63) is 35.4 Å². The van der Waals surface area contributed by atoms with Crippen molar-refractivity contribution >= 4 is 5.91 Å². The Balaban J connectivity index is 2.26. The van der Waals surface area contributed by atoms with Gasteiger partial charge in [-0.1, -0.05) is 24.3 Å². The highest BCUT2D eigenvalue weighted by molar-refractivity contribution is 5.79. The fraction of sp³-hybridized carbons (Fsp3) is 0.364. The fourth-order valence-electron chi connectivity index (χ4n) is 1.87. The number of hydrogen-bond acceptors (Lipinski definition) is 1. The van der Waals surface area contributed by atoms with Gasteiger partial charge in [0.25, 0.3) is 0 Å². The summed E-state index contributed by atoms with van der Waals surface area (Å²) in [6.45, 7) is 2.89. The first kappa shape index (κ1) is 8.30. The molecule has 2 rings (SSSR count). The van der Waals surface area contributed by atoms with Crippen LogP contribution in [0.4, 0.5) is 0 Å². The molecule has 1 heterocycles. The maximum Gasteiger partial charge on any atom is 0.220 e. The summed E-state index contributed by atoms with van der Waals surface area (Å²) >= 11 is 0. The van der Waals surface area contributed by atoms with Crippen molar-refractivity contribution in [2.45, 2.75) is 19.3 Å². The van der Waals surface area contributed by atoms with E-state index in [-0.39, 0.29) is 5.91 Å². The molecule has 1 aliphatic heterocycles. The zero-order valence-electron chi connectivity index (χ0n) is 7.71. The molecule has 1 fully saturated rings. The van der Waals surface area contributed by atoms with Crippen LogP contribution in [0.2, 0.25) is 0 Å². The van der Waals surface area contributed by atoms with Gasteiger partial charge >= 0.3 is 0 Å². The first-order valence-corrected chi connectivity index (χ1v) is 4.59. The first-order valence-electron chi connectivity index (χ1n) is 4.59. The summed E-state index contributed by atoms with van der Waals surface area (Å²) in [5.74, 6) is 0.557. The lowest BCUT2D eigenvalue weighted by atomic mass is 9.94. The van der Waals surface area contributed by atoms with Crippen molar-refractivity contribution in [1.29, 1.82) is 0 Å². The normalized spacial score (nSPS) is 21.6. The molecule has 1 aromatic rings. The molecule has 1 amide bonds. The van der Waals surface area contributed by atoms with Crippen LogP contribution < -0.4 is 5.32 Å². The van der Waals surface area contributed by atoms with Crippen LogP contribution in [0.25, 0.3) is 0 Å². The van der Waals surface area contributed by atoms with Crippen molar-refractivity contribution in [2.75, 3.05) is 6.54 Å². The molecule has 13 heavy (non-hydrogen) atoms. The van der Waals surface area contributed by atoms with Gasteiger partial charge in [-0.05, 0) is 18.1 Å². The van der Waals surface area contributed by atoms with Gasteiger partial charge in [-0.25, -0.2) is 0 Å². The van der Waals surface area contributed by atoms with Gasteiger partial charge in [0.2, 0.25) is 5.91 Å². The van der Waals surface area contributed by atoms with Crippen molar-refractivity contribution in [1.82, 2.24) is 5.32 Å². The number of hydrogen-bond donors (Lipinski definition) is 1. The van der Waals surface area contributed by atoms with Crippen molar-refractivity contribution in [3.63, 3.8) is 0 Å². The number of benzene rings is 1. The van der Waals surface area contributed by atoms with Gasteiger partial charge < -0.3 is 5.32 Å². The minimum atomic E-state index is 0.174. The smallest absolute Gasteiger partial charge is 0.220 e. The maximum absolute atomic E-state index is 11.0. The SMILES string of the molecule is Cc1ccccc1C1CNC(=O)C1. The van der Waals surface area contributed by atoms with Crippen LogP contribution in [-0.2, 0) is 4.79 Å². The van der Waals surface area contributed by atoms with Crippen LogP contribution in [0, 0.1) is 6.92 Å². The molecule has 2 nitrogen and oxygen atoms in total. The van der Waals surface area contributed by atoms with Crippen LogP contribution in [0.5, 0.6) is 0 Å². The van der Waals surface area contributed by atoms with Gasteiger partial charge in [-0.2, -0.15) is 0 Å².